The fourth-order valence-corrected chi connectivity index (χ4v) is 2.05. The lowest BCUT2D eigenvalue weighted by atomic mass is 10.2. The number of nitrogens with one attached hydrogen (secondary N) is 1. The molecule has 2 aromatic rings. The Morgan fingerprint density at radius 2 is 1.83 bits per heavy atom. The third-order valence-corrected chi connectivity index (χ3v) is 3.27. The Labute approximate surface area is 118 Å². The van der Waals surface area contributed by atoms with Crippen molar-refractivity contribution in [2.75, 3.05) is 5.32 Å². The molecule has 0 heterocycles. The average Bonchev–Trinajstić information content (AvgIpc) is 2.33. The SMILES string of the molecule is NC(=S)c1ccc(Nc2ccc(F)cc2Br)cc1. The molecular weight excluding hydrogens is 315 g/mol. The Morgan fingerprint density at radius 1 is 1.17 bits per heavy atom. The summed E-state index contributed by atoms with van der Waals surface area (Å²) in [5, 5.41) is 3.17. The summed E-state index contributed by atoms with van der Waals surface area (Å²) in [6.45, 7) is 0. The number of rotatable bonds is 3. The molecular formula is C13H10BrFN2S. The van der Waals surface area contributed by atoms with Gasteiger partial charge in [-0.05, 0) is 58.4 Å². The zero-order valence-electron chi connectivity index (χ0n) is 9.28. The number of hydrogen-bond acceptors (Lipinski definition) is 2. The molecule has 2 nitrogen and oxygen atoms in total. The molecule has 0 bridgehead atoms. The number of hydrogen-bond donors (Lipinski definition) is 2. The summed E-state index contributed by atoms with van der Waals surface area (Å²) >= 11 is 8.18. The van der Waals surface area contributed by atoms with Gasteiger partial charge in [0.15, 0.2) is 0 Å². The molecule has 0 aliphatic rings. The van der Waals surface area contributed by atoms with E-state index in [1.807, 2.05) is 24.3 Å². The second-order valence-corrected chi connectivity index (χ2v) is 4.98. The van der Waals surface area contributed by atoms with Crippen molar-refractivity contribution in [2.45, 2.75) is 0 Å². The molecule has 0 amide bonds. The zero-order chi connectivity index (χ0) is 13.1. The molecule has 2 rings (SSSR count). The van der Waals surface area contributed by atoms with Crippen LogP contribution in [0.5, 0.6) is 0 Å². The topological polar surface area (TPSA) is 38.0 Å². The van der Waals surface area contributed by atoms with Gasteiger partial charge in [0.05, 0.1) is 5.69 Å². The van der Waals surface area contributed by atoms with Gasteiger partial charge in [-0.2, -0.15) is 0 Å². The van der Waals surface area contributed by atoms with E-state index >= 15 is 0 Å². The fraction of sp³-hybridized carbons (Fsp3) is 0. The lowest BCUT2D eigenvalue weighted by molar-refractivity contribution is 0.627. The highest BCUT2D eigenvalue weighted by Gasteiger charge is 2.02. The molecule has 18 heavy (non-hydrogen) atoms. The largest absolute Gasteiger partial charge is 0.389 e. The quantitative estimate of drug-likeness (QED) is 0.839. The normalized spacial score (nSPS) is 10.1. The van der Waals surface area contributed by atoms with Crippen LogP contribution in [-0.4, -0.2) is 4.99 Å². The van der Waals surface area contributed by atoms with Gasteiger partial charge in [0, 0.05) is 15.7 Å². The van der Waals surface area contributed by atoms with E-state index in [0.717, 1.165) is 16.9 Å². The van der Waals surface area contributed by atoms with Gasteiger partial charge < -0.3 is 11.1 Å². The molecule has 0 unspecified atom stereocenters. The maximum Gasteiger partial charge on any atom is 0.124 e. The van der Waals surface area contributed by atoms with Crippen molar-refractivity contribution >= 4 is 44.5 Å². The van der Waals surface area contributed by atoms with Crippen molar-refractivity contribution in [1.82, 2.24) is 0 Å². The molecule has 5 heteroatoms. The zero-order valence-corrected chi connectivity index (χ0v) is 11.7. The molecule has 0 atom stereocenters. The van der Waals surface area contributed by atoms with Crippen LogP contribution >= 0.6 is 28.1 Å². The first-order chi connectivity index (χ1) is 8.56. The van der Waals surface area contributed by atoms with Crippen LogP contribution in [0.3, 0.4) is 0 Å². The highest BCUT2D eigenvalue weighted by Crippen LogP contribution is 2.26. The predicted octanol–water partition coefficient (Wildman–Crippen LogP) is 3.97. The minimum absolute atomic E-state index is 0.281. The molecule has 0 radical (unpaired) electrons. The summed E-state index contributed by atoms with van der Waals surface area (Å²) in [5.41, 5.74) is 8.00. The number of thiocarbonyl (C=S) groups is 1. The maximum absolute atomic E-state index is 12.9. The summed E-state index contributed by atoms with van der Waals surface area (Å²) < 4.78 is 13.6. The van der Waals surface area contributed by atoms with Crippen molar-refractivity contribution in [1.29, 1.82) is 0 Å². The molecule has 0 aliphatic carbocycles. The number of halogens is 2. The monoisotopic (exact) mass is 324 g/mol. The summed E-state index contributed by atoms with van der Waals surface area (Å²) in [6, 6.07) is 11.9. The summed E-state index contributed by atoms with van der Waals surface area (Å²) in [7, 11) is 0. The number of nitrogens with two attached hydrogens (primary N) is 1. The Kier molecular flexibility index (Phi) is 3.93. The van der Waals surface area contributed by atoms with Crippen molar-refractivity contribution in [2.24, 2.45) is 5.73 Å². The molecule has 0 spiro atoms. The van der Waals surface area contributed by atoms with E-state index in [2.05, 4.69) is 21.2 Å². The molecule has 0 aromatic heterocycles. The van der Waals surface area contributed by atoms with Crippen LogP contribution in [0.4, 0.5) is 15.8 Å². The van der Waals surface area contributed by atoms with E-state index in [4.69, 9.17) is 18.0 Å². The smallest absolute Gasteiger partial charge is 0.124 e. The Balaban J connectivity index is 2.21. The first-order valence-corrected chi connectivity index (χ1v) is 6.38. The van der Waals surface area contributed by atoms with Crippen molar-refractivity contribution in [3.05, 3.63) is 58.3 Å². The van der Waals surface area contributed by atoms with Crippen LogP contribution < -0.4 is 11.1 Å². The first-order valence-electron chi connectivity index (χ1n) is 5.18. The molecule has 0 saturated carbocycles. The van der Waals surface area contributed by atoms with E-state index in [-0.39, 0.29) is 5.82 Å². The van der Waals surface area contributed by atoms with Crippen LogP contribution in [0, 0.1) is 5.82 Å². The first kappa shape index (κ1) is 13.0. The molecule has 92 valence electrons. The second kappa shape index (κ2) is 5.46. The van der Waals surface area contributed by atoms with Gasteiger partial charge in [0.1, 0.15) is 10.8 Å². The van der Waals surface area contributed by atoms with Gasteiger partial charge in [0.2, 0.25) is 0 Å². The van der Waals surface area contributed by atoms with Crippen LogP contribution in [0.25, 0.3) is 0 Å². The predicted molar refractivity (Wildman–Crippen MR) is 79.7 cm³/mol. The summed E-state index contributed by atoms with van der Waals surface area (Å²) in [6.07, 6.45) is 0. The second-order valence-electron chi connectivity index (χ2n) is 3.69. The van der Waals surface area contributed by atoms with Gasteiger partial charge in [0.25, 0.3) is 0 Å². The van der Waals surface area contributed by atoms with Gasteiger partial charge in [-0.25, -0.2) is 4.39 Å². The Morgan fingerprint density at radius 3 is 2.39 bits per heavy atom. The molecule has 0 fully saturated rings. The van der Waals surface area contributed by atoms with Crippen LogP contribution in [0.2, 0.25) is 0 Å². The minimum Gasteiger partial charge on any atom is -0.389 e. The molecule has 2 aromatic carbocycles. The van der Waals surface area contributed by atoms with E-state index in [9.17, 15) is 4.39 Å². The third-order valence-electron chi connectivity index (χ3n) is 2.38. The van der Waals surface area contributed by atoms with E-state index in [0.29, 0.717) is 9.46 Å². The molecule has 0 aliphatic heterocycles. The Bertz CT molecular complexity index is 584. The maximum atomic E-state index is 12.9. The van der Waals surface area contributed by atoms with Gasteiger partial charge in [-0.1, -0.05) is 12.2 Å². The van der Waals surface area contributed by atoms with Crippen LogP contribution in [0.1, 0.15) is 5.56 Å². The highest BCUT2D eigenvalue weighted by atomic mass is 79.9. The van der Waals surface area contributed by atoms with E-state index in [1.165, 1.54) is 12.1 Å². The average molecular weight is 325 g/mol. The van der Waals surface area contributed by atoms with Crippen molar-refractivity contribution < 1.29 is 4.39 Å². The summed E-state index contributed by atoms with van der Waals surface area (Å²) in [4.78, 5) is 0.365. The highest BCUT2D eigenvalue weighted by molar-refractivity contribution is 9.10. The Hall–Kier alpha value is -1.46. The standard InChI is InChI=1S/C13H10BrFN2S/c14-11-7-9(15)3-6-12(11)17-10-4-1-8(2-5-10)13(16)18/h1-7,17H,(H2,16,18). The lowest BCUT2D eigenvalue weighted by Gasteiger charge is -2.09. The van der Waals surface area contributed by atoms with Crippen LogP contribution in [0.15, 0.2) is 46.9 Å². The van der Waals surface area contributed by atoms with Crippen LogP contribution in [-0.2, 0) is 0 Å². The van der Waals surface area contributed by atoms with Gasteiger partial charge >= 0.3 is 0 Å². The molecule has 0 saturated heterocycles. The third kappa shape index (κ3) is 3.05. The minimum atomic E-state index is -0.281. The van der Waals surface area contributed by atoms with Crippen molar-refractivity contribution in [3.63, 3.8) is 0 Å². The lowest BCUT2D eigenvalue weighted by Crippen LogP contribution is -2.08. The molecule has 3 N–H and O–H groups in total. The van der Waals surface area contributed by atoms with E-state index in [1.54, 1.807) is 6.07 Å². The van der Waals surface area contributed by atoms with Gasteiger partial charge in [-0.3, -0.25) is 0 Å². The fourth-order valence-electron chi connectivity index (χ4n) is 1.46. The number of benzene rings is 2. The van der Waals surface area contributed by atoms with Crippen molar-refractivity contribution in [3.8, 4) is 0 Å². The number of anilines is 2. The van der Waals surface area contributed by atoms with E-state index < -0.39 is 0 Å². The summed E-state index contributed by atoms with van der Waals surface area (Å²) in [5.74, 6) is -0.281. The van der Waals surface area contributed by atoms with Gasteiger partial charge in [-0.15, -0.1) is 0 Å².